The van der Waals surface area contributed by atoms with Crippen LogP contribution >= 0.6 is 0 Å². The largest absolute Gasteiger partial charge is 0.497 e. The molecule has 6 nitrogen and oxygen atoms in total. The van der Waals surface area contributed by atoms with Gasteiger partial charge in [-0.15, -0.1) is 0 Å². The van der Waals surface area contributed by atoms with Crippen molar-refractivity contribution in [2.24, 2.45) is 10.9 Å². The van der Waals surface area contributed by atoms with Gasteiger partial charge < -0.3 is 14.8 Å². The standard InChI is InChI=1S/C26H25F3N2O4/c1-14-22(25(33)31-16-7-4-6-15(12-16)26(27,28)29)23(24-19(30-14)8-5-9-20(24)32)18-11-10-17(34-2)13-21(18)35-3/h4,6-7,10-13,23-24H,5,8-9H2,1-3H3,(H,31,33)/t23-,24-/m0/s1. The Morgan fingerprint density at radius 2 is 1.83 bits per heavy atom. The van der Waals surface area contributed by atoms with E-state index >= 15 is 0 Å². The van der Waals surface area contributed by atoms with E-state index in [0.717, 1.165) is 12.1 Å². The molecule has 0 bridgehead atoms. The number of allylic oxidation sites excluding steroid dienone is 1. The van der Waals surface area contributed by atoms with Crippen LogP contribution in [0.5, 0.6) is 11.5 Å². The van der Waals surface area contributed by atoms with Crippen LogP contribution in [-0.2, 0) is 15.8 Å². The first kappa shape index (κ1) is 24.5. The summed E-state index contributed by atoms with van der Waals surface area (Å²) in [4.78, 5) is 31.2. The van der Waals surface area contributed by atoms with Gasteiger partial charge in [0.2, 0.25) is 0 Å². The van der Waals surface area contributed by atoms with Crippen molar-refractivity contribution >= 4 is 23.1 Å². The summed E-state index contributed by atoms with van der Waals surface area (Å²) >= 11 is 0. The molecule has 0 unspecified atom stereocenters. The number of benzene rings is 2. The summed E-state index contributed by atoms with van der Waals surface area (Å²) in [5, 5.41) is 2.58. The molecule has 184 valence electrons. The number of aliphatic imine (C=N–C) groups is 1. The number of fused-ring (bicyclic) bond motifs is 1. The van der Waals surface area contributed by atoms with Crippen molar-refractivity contribution in [1.82, 2.24) is 0 Å². The van der Waals surface area contributed by atoms with E-state index in [0.29, 0.717) is 47.7 Å². The summed E-state index contributed by atoms with van der Waals surface area (Å²) in [6.45, 7) is 1.67. The zero-order valence-electron chi connectivity index (χ0n) is 19.5. The minimum absolute atomic E-state index is 0.00434. The van der Waals surface area contributed by atoms with E-state index in [1.54, 1.807) is 25.1 Å². The highest BCUT2D eigenvalue weighted by molar-refractivity contribution is 6.14. The minimum atomic E-state index is -4.55. The number of carbonyl (C=O) groups is 2. The fraction of sp³-hybridized carbons (Fsp3) is 0.346. The quantitative estimate of drug-likeness (QED) is 0.602. The summed E-state index contributed by atoms with van der Waals surface area (Å²) in [5.74, 6) is -1.04. The molecular weight excluding hydrogens is 461 g/mol. The van der Waals surface area contributed by atoms with Gasteiger partial charge in [0.1, 0.15) is 17.3 Å². The molecule has 4 rings (SSSR count). The lowest BCUT2D eigenvalue weighted by atomic mass is 9.69. The van der Waals surface area contributed by atoms with Gasteiger partial charge >= 0.3 is 6.18 Å². The molecule has 2 aromatic carbocycles. The van der Waals surface area contributed by atoms with Crippen molar-refractivity contribution in [3.63, 3.8) is 0 Å². The predicted octanol–water partition coefficient (Wildman–Crippen LogP) is 5.54. The monoisotopic (exact) mass is 486 g/mol. The molecule has 1 amide bonds. The molecule has 35 heavy (non-hydrogen) atoms. The first-order chi connectivity index (χ1) is 16.6. The van der Waals surface area contributed by atoms with Gasteiger partial charge in [0, 0.05) is 46.6 Å². The Hall–Kier alpha value is -3.62. The molecule has 9 heteroatoms. The Balaban J connectivity index is 1.81. The van der Waals surface area contributed by atoms with E-state index < -0.39 is 29.5 Å². The summed E-state index contributed by atoms with van der Waals surface area (Å²) in [7, 11) is 3.00. The average Bonchev–Trinajstić information content (AvgIpc) is 2.82. The first-order valence-corrected chi connectivity index (χ1v) is 11.2. The molecule has 0 aromatic heterocycles. The highest BCUT2D eigenvalue weighted by atomic mass is 19.4. The third-order valence-corrected chi connectivity index (χ3v) is 6.38. The van der Waals surface area contributed by atoms with Crippen molar-refractivity contribution in [3.05, 3.63) is 64.9 Å². The molecular formula is C26H25F3N2O4. The lowest BCUT2D eigenvalue weighted by Gasteiger charge is -2.36. The lowest BCUT2D eigenvalue weighted by Crippen LogP contribution is -2.39. The number of hydrogen-bond acceptors (Lipinski definition) is 5. The molecule has 1 aliphatic carbocycles. The molecule has 1 heterocycles. The Labute approximate surface area is 200 Å². The Morgan fingerprint density at radius 1 is 1.06 bits per heavy atom. The van der Waals surface area contributed by atoms with Crippen molar-refractivity contribution < 1.29 is 32.2 Å². The smallest absolute Gasteiger partial charge is 0.416 e. The second-order valence-corrected chi connectivity index (χ2v) is 8.52. The number of halogens is 3. The van der Waals surface area contributed by atoms with Crippen LogP contribution in [0.25, 0.3) is 0 Å². The minimum Gasteiger partial charge on any atom is -0.497 e. The van der Waals surface area contributed by atoms with Crippen molar-refractivity contribution in [3.8, 4) is 11.5 Å². The Bertz CT molecular complexity index is 1230. The second kappa shape index (κ2) is 9.56. The number of amides is 1. The van der Waals surface area contributed by atoms with Crippen LogP contribution in [0.1, 0.15) is 43.2 Å². The normalized spacial score (nSPS) is 20.2. The number of alkyl halides is 3. The van der Waals surface area contributed by atoms with E-state index in [1.807, 2.05) is 0 Å². The number of hydrogen-bond donors (Lipinski definition) is 1. The van der Waals surface area contributed by atoms with Gasteiger partial charge in [-0.3, -0.25) is 14.6 Å². The third-order valence-electron chi connectivity index (χ3n) is 6.38. The van der Waals surface area contributed by atoms with Gasteiger partial charge in [-0.1, -0.05) is 12.1 Å². The van der Waals surface area contributed by atoms with Crippen LogP contribution in [0.15, 0.2) is 58.7 Å². The van der Waals surface area contributed by atoms with Crippen LogP contribution < -0.4 is 14.8 Å². The van der Waals surface area contributed by atoms with Crippen LogP contribution in [0.3, 0.4) is 0 Å². The maximum atomic E-state index is 13.5. The fourth-order valence-corrected chi connectivity index (χ4v) is 4.80. The molecule has 2 aliphatic rings. The molecule has 2 atom stereocenters. The second-order valence-electron chi connectivity index (χ2n) is 8.52. The summed E-state index contributed by atoms with van der Waals surface area (Å²) < 4.78 is 50.4. The third kappa shape index (κ3) is 4.80. The summed E-state index contributed by atoms with van der Waals surface area (Å²) in [6.07, 6.45) is -2.88. The average molecular weight is 486 g/mol. The van der Waals surface area contributed by atoms with Crippen molar-refractivity contribution in [1.29, 1.82) is 0 Å². The number of anilines is 1. The topological polar surface area (TPSA) is 77.0 Å². The molecule has 1 N–H and O–H groups in total. The Morgan fingerprint density at radius 3 is 2.51 bits per heavy atom. The SMILES string of the molecule is COc1ccc([C@H]2C(C(=O)Nc3cccc(C(F)(F)F)c3)=C(C)N=C3CCCC(=O)[C@H]32)c(OC)c1. The van der Waals surface area contributed by atoms with E-state index in [2.05, 4.69) is 10.3 Å². The molecule has 0 saturated heterocycles. The van der Waals surface area contributed by atoms with Crippen LogP contribution in [-0.4, -0.2) is 31.6 Å². The molecule has 1 aliphatic heterocycles. The van der Waals surface area contributed by atoms with Crippen LogP contribution in [0, 0.1) is 5.92 Å². The van der Waals surface area contributed by atoms with Crippen LogP contribution in [0.4, 0.5) is 18.9 Å². The maximum absolute atomic E-state index is 13.5. The number of nitrogens with one attached hydrogen (secondary N) is 1. The molecule has 1 saturated carbocycles. The van der Waals surface area contributed by atoms with Gasteiger partial charge in [0.05, 0.1) is 25.7 Å². The number of Topliss-reactive ketones (excluding diaryl/α,β-unsaturated/α-hetero) is 1. The number of rotatable bonds is 5. The Kier molecular flexibility index (Phi) is 6.69. The zero-order chi connectivity index (χ0) is 25.3. The highest BCUT2D eigenvalue weighted by Gasteiger charge is 2.44. The van der Waals surface area contributed by atoms with Gasteiger partial charge in [0.15, 0.2) is 0 Å². The maximum Gasteiger partial charge on any atom is 0.416 e. The van der Waals surface area contributed by atoms with E-state index in [4.69, 9.17) is 9.47 Å². The molecule has 0 radical (unpaired) electrons. The van der Waals surface area contributed by atoms with Gasteiger partial charge in [-0.05, 0) is 44.0 Å². The van der Waals surface area contributed by atoms with E-state index in [9.17, 15) is 22.8 Å². The zero-order valence-corrected chi connectivity index (χ0v) is 19.5. The van der Waals surface area contributed by atoms with Crippen LogP contribution in [0.2, 0.25) is 0 Å². The van der Waals surface area contributed by atoms with E-state index in [-0.39, 0.29) is 17.0 Å². The van der Waals surface area contributed by atoms with Gasteiger partial charge in [0.25, 0.3) is 5.91 Å². The number of methoxy groups -OCH3 is 2. The first-order valence-electron chi connectivity index (χ1n) is 11.2. The number of ether oxygens (including phenoxy) is 2. The van der Waals surface area contributed by atoms with Gasteiger partial charge in [-0.25, -0.2) is 0 Å². The highest BCUT2D eigenvalue weighted by Crippen LogP contribution is 2.46. The fourth-order valence-electron chi connectivity index (χ4n) is 4.80. The van der Waals surface area contributed by atoms with E-state index in [1.165, 1.54) is 26.4 Å². The predicted molar refractivity (Wildman–Crippen MR) is 125 cm³/mol. The number of ketones is 1. The number of nitrogens with zero attached hydrogens (tertiary/aromatic N) is 1. The summed E-state index contributed by atoms with van der Waals surface area (Å²) in [5.41, 5.74) is 1.07. The molecule has 1 fully saturated rings. The van der Waals surface area contributed by atoms with Crippen molar-refractivity contribution in [2.75, 3.05) is 19.5 Å². The van der Waals surface area contributed by atoms with Gasteiger partial charge in [-0.2, -0.15) is 13.2 Å². The summed E-state index contributed by atoms with van der Waals surface area (Å²) in [6, 6.07) is 9.56. The number of carbonyl (C=O) groups excluding carboxylic acids is 2. The molecule has 0 spiro atoms. The van der Waals surface area contributed by atoms with Crippen molar-refractivity contribution in [2.45, 2.75) is 38.3 Å². The lowest BCUT2D eigenvalue weighted by molar-refractivity contribution is -0.137. The molecule has 2 aromatic rings.